The molecule has 0 aromatic carbocycles. The number of aromatic nitrogens is 3. The molecule has 0 saturated carbocycles. The molecule has 0 amide bonds. The van der Waals surface area contributed by atoms with Crippen LogP contribution in [0.25, 0.3) is 5.69 Å². The lowest BCUT2D eigenvalue weighted by Gasteiger charge is -2.08. The fraction of sp³-hybridized carbons (Fsp3) is 0.429. The van der Waals surface area contributed by atoms with Gasteiger partial charge in [-0.25, -0.2) is 0 Å². The summed E-state index contributed by atoms with van der Waals surface area (Å²) in [6.45, 7) is 8.17. The Hall–Kier alpha value is -1.84. The van der Waals surface area contributed by atoms with Crippen LogP contribution in [0.1, 0.15) is 45.2 Å². The molecule has 0 saturated heterocycles. The van der Waals surface area contributed by atoms with E-state index in [-0.39, 0.29) is 11.5 Å². The fourth-order valence-electron chi connectivity index (χ4n) is 1.89. The normalized spacial score (nSPS) is 11.4. The molecule has 0 radical (unpaired) electrons. The van der Waals surface area contributed by atoms with E-state index in [0.717, 1.165) is 11.3 Å². The van der Waals surface area contributed by atoms with Crippen molar-refractivity contribution in [1.82, 2.24) is 14.3 Å². The number of pyridine rings is 1. The first kappa shape index (κ1) is 12.6. The Balaban J connectivity index is 2.51. The Kier molecular flexibility index (Phi) is 3.36. The van der Waals surface area contributed by atoms with Crippen LogP contribution in [0.2, 0.25) is 0 Å². The minimum Gasteiger partial charge on any atom is -0.281 e. The van der Waals surface area contributed by atoms with Crippen molar-refractivity contribution in [2.45, 2.75) is 39.7 Å². The molecule has 96 valence electrons. The van der Waals surface area contributed by atoms with Gasteiger partial charge in [-0.1, -0.05) is 19.9 Å². The molecule has 0 bridgehead atoms. The van der Waals surface area contributed by atoms with Gasteiger partial charge in [0.05, 0.1) is 11.9 Å². The topological polar surface area (TPSA) is 39.8 Å². The largest absolute Gasteiger partial charge is 0.281 e. The molecule has 0 atom stereocenters. The number of hydrogen-bond donors (Lipinski definition) is 0. The van der Waals surface area contributed by atoms with Crippen molar-refractivity contribution >= 4 is 0 Å². The van der Waals surface area contributed by atoms with Gasteiger partial charge >= 0.3 is 0 Å². The lowest BCUT2D eigenvalue weighted by Crippen LogP contribution is -2.21. The van der Waals surface area contributed by atoms with E-state index in [2.05, 4.69) is 18.9 Å². The summed E-state index contributed by atoms with van der Waals surface area (Å²) in [5.41, 5.74) is 1.68. The molecule has 0 fully saturated rings. The zero-order chi connectivity index (χ0) is 13.3. The van der Waals surface area contributed by atoms with Gasteiger partial charge in [-0.2, -0.15) is 5.10 Å². The molecule has 18 heavy (non-hydrogen) atoms. The molecule has 2 aromatic rings. The van der Waals surface area contributed by atoms with Crippen molar-refractivity contribution < 1.29 is 0 Å². The third-order valence-electron chi connectivity index (χ3n) is 2.99. The van der Waals surface area contributed by atoms with Crippen LogP contribution in [0.4, 0.5) is 0 Å². The van der Waals surface area contributed by atoms with Gasteiger partial charge in [-0.15, -0.1) is 0 Å². The molecule has 0 spiro atoms. The highest BCUT2D eigenvalue weighted by Crippen LogP contribution is 2.12. The predicted octanol–water partition coefficient (Wildman–Crippen LogP) is 2.74. The summed E-state index contributed by atoms with van der Waals surface area (Å²) in [5.74, 6) is 0.227. The zero-order valence-corrected chi connectivity index (χ0v) is 11.3. The Labute approximate surface area is 107 Å². The predicted molar refractivity (Wildman–Crippen MR) is 72.3 cm³/mol. The van der Waals surface area contributed by atoms with E-state index in [0.29, 0.717) is 6.04 Å². The van der Waals surface area contributed by atoms with Crippen molar-refractivity contribution in [3.63, 3.8) is 0 Å². The van der Waals surface area contributed by atoms with E-state index in [1.807, 2.05) is 36.9 Å². The Morgan fingerprint density at radius 1 is 1.22 bits per heavy atom. The molecule has 4 nitrogen and oxygen atoms in total. The third kappa shape index (κ3) is 2.23. The Bertz CT molecular complexity index is 593. The van der Waals surface area contributed by atoms with E-state index in [9.17, 15) is 4.79 Å². The number of rotatable bonds is 3. The number of hydrogen-bond acceptors (Lipinski definition) is 2. The molecule has 0 aliphatic heterocycles. The minimum atomic E-state index is 0.0378. The van der Waals surface area contributed by atoms with Gasteiger partial charge in [0.15, 0.2) is 0 Å². The summed E-state index contributed by atoms with van der Waals surface area (Å²) in [4.78, 5) is 12.3. The van der Waals surface area contributed by atoms with Crippen LogP contribution >= 0.6 is 0 Å². The molecule has 0 unspecified atom stereocenters. The number of nitrogens with zero attached hydrogens (tertiary/aromatic N) is 3. The highest BCUT2D eigenvalue weighted by atomic mass is 16.1. The SMILES string of the molecule is CC(C)c1cccn(-c2cnn(C(C)C)c2)c1=O. The lowest BCUT2D eigenvalue weighted by atomic mass is 10.1. The molecule has 0 aliphatic carbocycles. The van der Waals surface area contributed by atoms with Gasteiger partial charge in [0.2, 0.25) is 0 Å². The lowest BCUT2D eigenvalue weighted by molar-refractivity contribution is 0.532. The maximum Gasteiger partial charge on any atom is 0.258 e. The maximum atomic E-state index is 12.3. The van der Waals surface area contributed by atoms with Crippen molar-refractivity contribution in [2.75, 3.05) is 0 Å². The van der Waals surface area contributed by atoms with Gasteiger partial charge in [0.1, 0.15) is 0 Å². The van der Waals surface area contributed by atoms with E-state index in [1.165, 1.54) is 0 Å². The van der Waals surface area contributed by atoms with E-state index < -0.39 is 0 Å². The molecule has 2 rings (SSSR count). The summed E-state index contributed by atoms with van der Waals surface area (Å²) in [6.07, 6.45) is 5.41. The molecule has 0 aliphatic rings. The van der Waals surface area contributed by atoms with Crippen molar-refractivity contribution in [2.24, 2.45) is 0 Å². The smallest absolute Gasteiger partial charge is 0.258 e. The van der Waals surface area contributed by atoms with Crippen LogP contribution in [-0.2, 0) is 0 Å². The van der Waals surface area contributed by atoms with Gasteiger partial charge in [0.25, 0.3) is 5.56 Å². The standard InChI is InChI=1S/C14H19N3O/c1-10(2)13-6-5-7-16(14(13)18)12-8-15-17(9-12)11(3)4/h5-11H,1-4H3. The molecule has 2 heterocycles. The van der Waals surface area contributed by atoms with Crippen LogP contribution in [0.3, 0.4) is 0 Å². The molecular formula is C14H19N3O. The van der Waals surface area contributed by atoms with E-state index in [1.54, 1.807) is 17.0 Å². The van der Waals surface area contributed by atoms with Gasteiger partial charge in [-0.05, 0) is 25.8 Å². The Morgan fingerprint density at radius 2 is 1.94 bits per heavy atom. The van der Waals surface area contributed by atoms with Gasteiger partial charge in [0, 0.05) is 24.0 Å². The van der Waals surface area contributed by atoms with Crippen molar-refractivity contribution in [1.29, 1.82) is 0 Å². The van der Waals surface area contributed by atoms with Crippen LogP contribution in [-0.4, -0.2) is 14.3 Å². The second-order valence-electron chi connectivity index (χ2n) is 5.07. The van der Waals surface area contributed by atoms with Crippen LogP contribution in [0, 0.1) is 0 Å². The second kappa shape index (κ2) is 4.80. The van der Waals surface area contributed by atoms with Crippen LogP contribution in [0.15, 0.2) is 35.5 Å². The van der Waals surface area contributed by atoms with E-state index in [4.69, 9.17) is 0 Å². The summed E-state index contributed by atoms with van der Waals surface area (Å²) < 4.78 is 3.50. The summed E-state index contributed by atoms with van der Waals surface area (Å²) in [6, 6.07) is 4.09. The first-order valence-corrected chi connectivity index (χ1v) is 6.26. The summed E-state index contributed by atoms with van der Waals surface area (Å²) in [7, 11) is 0. The second-order valence-corrected chi connectivity index (χ2v) is 5.07. The highest BCUT2D eigenvalue weighted by Gasteiger charge is 2.10. The Morgan fingerprint density at radius 3 is 2.50 bits per heavy atom. The van der Waals surface area contributed by atoms with Crippen molar-refractivity contribution in [3.05, 3.63) is 46.6 Å². The fourth-order valence-corrected chi connectivity index (χ4v) is 1.89. The maximum absolute atomic E-state index is 12.3. The van der Waals surface area contributed by atoms with Gasteiger partial charge < -0.3 is 0 Å². The average Bonchev–Trinajstić information content (AvgIpc) is 2.78. The van der Waals surface area contributed by atoms with E-state index >= 15 is 0 Å². The summed E-state index contributed by atoms with van der Waals surface area (Å²) in [5, 5.41) is 4.26. The first-order chi connectivity index (χ1) is 8.50. The monoisotopic (exact) mass is 245 g/mol. The quantitative estimate of drug-likeness (QED) is 0.834. The molecule has 4 heteroatoms. The summed E-state index contributed by atoms with van der Waals surface area (Å²) >= 11 is 0. The van der Waals surface area contributed by atoms with Crippen LogP contribution < -0.4 is 5.56 Å². The molecular weight excluding hydrogens is 226 g/mol. The molecule has 2 aromatic heterocycles. The average molecular weight is 245 g/mol. The third-order valence-corrected chi connectivity index (χ3v) is 2.99. The minimum absolute atomic E-state index is 0.0378. The first-order valence-electron chi connectivity index (χ1n) is 6.26. The van der Waals surface area contributed by atoms with Crippen LogP contribution in [0.5, 0.6) is 0 Å². The highest BCUT2D eigenvalue weighted by molar-refractivity contribution is 5.29. The van der Waals surface area contributed by atoms with Gasteiger partial charge in [-0.3, -0.25) is 14.0 Å². The van der Waals surface area contributed by atoms with Crippen molar-refractivity contribution in [3.8, 4) is 5.69 Å². The molecule has 0 N–H and O–H groups in total. The zero-order valence-electron chi connectivity index (χ0n) is 11.3.